The lowest BCUT2D eigenvalue weighted by atomic mass is 9.74. The Bertz CT molecular complexity index is 985. The number of carbonyl (C=O) groups is 3. The van der Waals surface area contributed by atoms with E-state index in [2.05, 4.69) is 29.6 Å². The van der Waals surface area contributed by atoms with Gasteiger partial charge in [-0.2, -0.15) is 0 Å². The van der Waals surface area contributed by atoms with Crippen LogP contribution in [0, 0.1) is 23.7 Å². The van der Waals surface area contributed by atoms with Crippen molar-refractivity contribution in [3.63, 3.8) is 0 Å². The molecule has 1 aromatic rings. The lowest BCUT2D eigenvalue weighted by Gasteiger charge is -2.42. The first-order chi connectivity index (χ1) is 16.9. The van der Waals surface area contributed by atoms with Crippen molar-refractivity contribution in [2.75, 3.05) is 40.3 Å². The largest absolute Gasteiger partial charge is 0.342 e. The van der Waals surface area contributed by atoms with Gasteiger partial charge in [0.05, 0.1) is 0 Å². The van der Waals surface area contributed by atoms with Crippen LogP contribution in [-0.2, 0) is 16.0 Å². The maximum absolute atomic E-state index is 13.8. The second-order valence-corrected chi connectivity index (χ2v) is 11.1. The Labute approximate surface area is 208 Å². The Morgan fingerprint density at radius 2 is 1.83 bits per heavy atom. The smallest absolute Gasteiger partial charge is 0.325 e. The number of nitrogens with zero attached hydrogens (tertiary/aromatic N) is 3. The van der Waals surface area contributed by atoms with Gasteiger partial charge in [-0.1, -0.05) is 42.5 Å². The van der Waals surface area contributed by atoms with E-state index in [1.807, 2.05) is 42.1 Å². The number of likely N-dealkylation sites (tertiary alicyclic amines) is 1. The van der Waals surface area contributed by atoms with Gasteiger partial charge in [0.2, 0.25) is 5.91 Å². The van der Waals surface area contributed by atoms with Crippen LogP contribution in [0.25, 0.3) is 0 Å². The van der Waals surface area contributed by atoms with Gasteiger partial charge in [0.1, 0.15) is 5.54 Å². The number of benzene rings is 1. The Kier molecular flexibility index (Phi) is 6.71. The van der Waals surface area contributed by atoms with E-state index in [-0.39, 0.29) is 29.7 Å². The average molecular weight is 479 g/mol. The van der Waals surface area contributed by atoms with E-state index in [9.17, 15) is 14.4 Å². The normalized spacial score (nSPS) is 30.5. The van der Waals surface area contributed by atoms with Gasteiger partial charge in [-0.15, -0.1) is 0 Å². The topological polar surface area (TPSA) is 73.0 Å². The van der Waals surface area contributed by atoms with Crippen molar-refractivity contribution in [3.05, 3.63) is 48.0 Å². The van der Waals surface area contributed by atoms with Crippen LogP contribution in [0.1, 0.15) is 37.7 Å². The number of carbonyl (C=O) groups excluding carboxylic acids is 3. The molecule has 1 aromatic carbocycles. The number of hydrogen-bond acceptors (Lipinski definition) is 4. The predicted octanol–water partition coefficient (Wildman–Crippen LogP) is 2.92. The number of piperidine rings is 1. The van der Waals surface area contributed by atoms with E-state index in [1.165, 1.54) is 4.90 Å². The quantitative estimate of drug-likeness (QED) is 0.461. The lowest BCUT2D eigenvalue weighted by molar-refractivity contribution is -0.139. The zero-order valence-electron chi connectivity index (χ0n) is 21.0. The Morgan fingerprint density at radius 1 is 1.09 bits per heavy atom. The summed E-state index contributed by atoms with van der Waals surface area (Å²) in [5.41, 5.74) is 0.265. The first-order valence-corrected chi connectivity index (χ1v) is 13.2. The van der Waals surface area contributed by atoms with Gasteiger partial charge < -0.3 is 15.1 Å². The number of urea groups is 1. The summed E-state index contributed by atoms with van der Waals surface area (Å²) in [4.78, 5) is 45.5. The van der Waals surface area contributed by atoms with Crippen LogP contribution in [0.5, 0.6) is 0 Å². The van der Waals surface area contributed by atoms with Gasteiger partial charge in [-0.05, 0) is 75.9 Å². The molecule has 4 atom stereocenters. The molecule has 1 N–H and O–H groups in total. The summed E-state index contributed by atoms with van der Waals surface area (Å²) in [6, 6.07) is 9.87. The highest BCUT2D eigenvalue weighted by molar-refractivity contribution is 6.07. The third-order valence-electron chi connectivity index (χ3n) is 8.72. The van der Waals surface area contributed by atoms with Crippen molar-refractivity contribution in [2.45, 2.75) is 44.1 Å². The fourth-order valence-corrected chi connectivity index (χ4v) is 6.68. The minimum Gasteiger partial charge on any atom is -0.342 e. The number of aryl methyl sites for hydroxylation is 1. The zero-order valence-corrected chi connectivity index (χ0v) is 21.0. The molecule has 0 aromatic heterocycles. The molecule has 0 spiro atoms. The first-order valence-electron chi connectivity index (χ1n) is 13.2. The van der Waals surface area contributed by atoms with E-state index in [0.29, 0.717) is 44.4 Å². The minimum absolute atomic E-state index is 0.0241. The molecule has 2 aliphatic carbocycles. The number of fused-ring (bicyclic) bond motifs is 2. The third kappa shape index (κ3) is 4.63. The number of allylic oxidation sites excluding steroid dienone is 2. The summed E-state index contributed by atoms with van der Waals surface area (Å²) in [6.07, 6.45) is 9.40. The van der Waals surface area contributed by atoms with Crippen LogP contribution >= 0.6 is 0 Å². The van der Waals surface area contributed by atoms with Crippen LogP contribution in [0.2, 0.25) is 0 Å². The number of imide groups is 1. The highest BCUT2D eigenvalue weighted by Gasteiger charge is 2.55. The van der Waals surface area contributed by atoms with E-state index < -0.39 is 5.54 Å². The van der Waals surface area contributed by atoms with Gasteiger partial charge in [0.15, 0.2) is 0 Å². The van der Waals surface area contributed by atoms with Gasteiger partial charge in [0.25, 0.3) is 5.91 Å². The number of likely N-dealkylation sites (N-methyl/N-ethyl adjacent to an activating group) is 1. The van der Waals surface area contributed by atoms with Crippen molar-refractivity contribution in [2.24, 2.45) is 23.7 Å². The number of amides is 4. The van der Waals surface area contributed by atoms with Crippen LogP contribution in [0.4, 0.5) is 4.79 Å². The second kappa shape index (κ2) is 9.76. The Morgan fingerprint density at radius 3 is 2.46 bits per heavy atom. The minimum atomic E-state index is -0.899. The van der Waals surface area contributed by atoms with Crippen molar-refractivity contribution in [3.8, 4) is 0 Å². The van der Waals surface area contributed by atoms with Gasteiger partial charge in [0, 0.05) is 32.1 Å². The summed E-state index contributed by atoms with van der Waals surface area (Å²) in [7, 11) is 3.89. The second-order valence-electron chi connectivity index (χ2n) is 11.1. The lowest BCUT2D eigenvalue weighted by Crippen LogP contribution is -2.57. The summed E-state index contributed by atoms with van der Waals surface area (Å²) in [5, 5.41) is 3.16. The fourth-order valence-electron chi connectivity index (χ4n) is 6.68. The van der Waals surface area contributed by atoms with Crippen molar-refractivity contribution in [1.82, 2.24) is 20.0 Å². The van der Waals surface area contributed by atoms with E-state index in [4.69, 9.17) is 0 Å². The molecule has 35 heavy (non-hydrogen) atoms. The molecule has 2 heterocycles. The summed E-state index contributed by atoms with van der Waals surface area (Å²) < 4.78 is 0. The molecule has 5 rings (SSSR count). The molecule has 4 aliphatic rings. The molecule has 7 heteroatoms. The molecule has 1 saturated carbocycles. The molecule has 2 saturated heterocycles. The van der Waals surface area contributed by atoms with Crippen LogP contribution in [-0.4, -0.2) is 78.4 Å². The highest BCUT2D eigenvalue weighted by Crippen LogP contribution is 2.45. The number of rotatable bonds is 8. The fraction of sp³-hybridized carbons (Fsp3) is 0.607. The number of hydrogen-bond donors (Lipinski definition) is 1. The van der Waals surface area contributed by atoms with Crippen molar-refractivity contribution >= 4 is 17.8 Å². The molecular weight excluding hydrogens is 440 g/mol. The van der Waals surface area contributed by atoms with E-state index in [0.717, 1.165) is 37.7 Å². The van der Waals surface area contributed by atoms with Crippen LogP contribution in [0.3, 0.4) is 0 Å². The molecule has 2 bridgehead atoms. The first kappa shape index (κ1) is 24.0. The van der Waals surface area contributed by atoms with Crippen LogP contribution < -0.4 is 5.32 Å². The maximum atomic E-state index is 13.8. The molecular formula is C28H38N4O3. The van der Waals surface area contributed by atoms with Gasteiger partial charge >= 0.3 is 6.03 Å². The predicted molar refractivity (Wildman–Crippen MR) is 134 cm³/mol. The maximum Gasteiger partial charge on any atom is 0.325 e. The molecule has 0 radical (unpaired) electrons. The zero-order chi connectivity index (χ0) is 24.6. The standard InChI is InChI=1S/C28H38N4O3/c1-30(2)16-17-32-26(34)28(29-27(32)35,13-10-20-6-4-3-5-7-20)23-11-14-31(15-12-23)25(33)24-19-21-8-9-22(24)18-21/h3-9,21-24H,10-19H2,1-2H3,(H,29,35)/t21-,22+,24-,28+/m1/s1. The molecule has 0 unspecified atom stereocenters. The molecule has 188 valence electrons. The van der Waals surface area contributed by atoms with Gasteiger partial charge in [-0.25, -0.2) is 4.79 Å². The average Bonchev–Trinajstić information content (AvgIpc) is 3.56. The van der Waals surface area contributed by atoms with Crippen molar-refractivity contribution < 1.29 is 14.4 Å². The summed E-state index contributed by atoms with van der Waals surface area (Å²) in [5.74, 6) is 1.32. The molecule has 4 amide bonds. The Hall–Kier alpha value is -2.67. The van der Waals surface area contributed by atoms with Gasteiger partial charge in [-0.3, -0.25) is 14.5 Å². The Balaban J connectivity index is 1.30. The van der Waals surface area contributed by atoms with E-state index in [1.54, 1.807) is 0 Å². The third-order valence-corrected chi connectivity index (χ3v) is 8.72. The monoisotopic (exact) mass is 478 g/mol. The molecule has 3 fully saturated rings. The summed E-state index contributed by atoms with van der Waals surface area (Å²) in [6.45, 7) is 2.35. The van der Waals surface area contributed by atoms with E-state index >= 15 is 0 Å². The molecule has 7 nitrogen and oxygen atoms in total. The summed E-state index contributed by atoms with van der Waals surface area (Å²) >= 11 is 0. The SMILES string of the molecule is CN(C)CCN1C(=O)N[C@@](CCc2ccccc2)(C2CCN(C(=O)[C@@H]3C[C@@H]4C=C[C@H]3C4)CC2)C1=O. The molecule has 2 aliphatic heterocycles. The highest BCUT2D eigenvalue weighted by atomic mass is 16.2. The number of nitrogens with one attached hydrogen (secondary N) is 1. The van der Waals surface area contributed by atoms with Crippen LogP contribution in [0.15, 0.2) is 42.5 Å². The van der Waals surface area contributed by atoms with Crippen molar-refractivity contribution in [1.29, 1.82) is 0 Å².